The van der Waals surface area contributed by atoms with Gasteiger partial charge in [0.05, 0.1) is 0 Å². The molecule has 4 nitrogen and oxygen atoms in total. The number of hydrogen-bond donors (Lipinski definition) is 0. The second kappa shape index (κ2) is 5.98. The number of amides is 1. The van der Waals surface area contributed by atoms with E-state index in [1.807, 2.05) is 29.2 Å². The van der Waals surface area contributed by atoms with Crippen molar-refractivity contribution in [3.05, 3.63) is 58.6 Å². The van der Waals surface area contributed by atoms with Crippen molar-refractivity contribution >= 4 is 29.3 Å². The third kappa shape index (κ3) is 2.75. The molecule has 1 amide bonds. The molecule has 23 heavy (non-hydrogen) atoms. The normalized spacial score (nSPS) is 19.2. The Bertz CT molecular complexity index is 767. The molecule has 2 aromatic carbocycles. The highest BCUT2D eigenvalue weighted by Crippen LogP contribution is 2.40. The number of halogens is 1. The van der Waals surface area contributed by atoms with E-state index in [1.165, 1.54) is 0 Å². The fourth-order valence-corrected chi connectivity index (χ4v) is 4.25. The first-order valence-electron chi connectivity index (χ1n) is 7.30. The molecule has 0 radical (unpaired) electrons. The third-order valence-corrected chi connectivity index (χ3v) is 5.40. The zero-order valence-electron chi connectivity index (χ0n) is 12.2. The molecular formula is C17H14ClNO3S. The summed E-state index contributed by atoms with van der Waals surface area (Å²) in [7, 11) is 0. The van der Waals surface area contributed by atoms with Gasteiger partial charge in [0.1, 0.15) is 5.37 Å². The molecular weight excluding hydrogens is 334 g/mol. The highest BCUT2D eigenvalue weighted by Gasteiger charge is 2.32. The van der Waals surface area contributed by atoms with Crippen molar-refractivity contribution in [2.24, 2.45) is 0 Å². The minimum Gasteiger partial charge on any atom is -0.454 e. The van der Waals surface area contributed by atoms with E-state index in [0.29, 0.717) is 22.1 Å². The Balaban J connectivity index is 1.62. The number of hydrogen-bond acceptors (Lipinski definition) is 4. The van der Waals surface area contributed by atoms with Crippen molar-refractivity contribution < 1.29 is 14.3 Å². The van der Waals surface area contributed by atoms with E-state index in [0.717, 1.165) is 17.9 Å². The van der Waals surface area contributed by atoms with Crippen molar-refractivity contribution in [3.8, 4) is 11.5 Å². The van der Waals surface area contributed by atoms with E-state index >= 15 is 0 Å². The van der Waals surface area contributed by atoms with Crippen LogP contribution in [0.1, 0.15) is 21.3 Å². The summed E-state index contributed by atoms with van der Waals surface area (Å²) in [5, 5.41) is 0.678. The molecule has 6 heteroatoms. The van der Waals surface area contributed by atoms with Gasteiger partial charge >= 0.3 is 0 Å². The predicted molar refractivity (Wildman–Crippen MR) is 90.3 cm³/mol. The van der Waals surface area contributed by atoms with Crippen LogP contribution in [0.4, 0.5) is 0 Å². The summed E-state index contributed by atoms with van der Waals surface area (Å²) in [6, 6.07) is 13.0. The zero-order chi connectivity index (χ0) is 15.8. The smallest absolute Gasteiger partial charge is 0.255 e. The lowest BCUT2D eigenvalue weighted by Gasteiger charge is -2.24. The Morgan fingerprint density at radius 2 is 2.04 bits per heavy atom. The van der Waals surface area contributed by atoms with Crippen LogP contribution in [0.25, 0.3) is 0 Å². The molecule has 2 aliphatic heterocycles. The molecule has 2 aromatic rings. The van der Waals surface area contributed by atoms with Crippen molar-refractivity contribution in [2.75, 3.05) is 19.1 Å². The molecule has 0 bridgehead atoms. The van der Waals surface area contributed by atoms with Gasteiger partial charge in [-0.25, -0.2) is 0 Å². The monoisotopic (exact) mass is 347 g/mol. The van der Waals surface area contributed by atoms with Gasteiger partial charge in [-0.3, -0.25) is 4.79 Å². The molecule has 1 saturated heterocycles. The van der Waals surface area contributed by atoms with Gasteiger partial charge in [-0.15, -0.1) is 11.8 Å². The maximum absolute atomic E-state index is 12.9. The fourth-order valence-electron chi connectivity index (χ4n) is 2.81. The first kappa shape index (κ1) is 14.7. The van der Waals surface area contributed by atoms with Gasteiger partial charge < -0.3 is 14.4 Å². The minimum atomic E-state index is -0.00776. The Hall–Kier alpha value is -1.85. The highest BCUT2D eigenvalue weighted by atomic mass is 35.5. The van der Waals surface area contributed by atoms with Crippen LogP contribution in [0.15, 0.2) is 42.5 Å². The Morgan fingerprint density at radius 3 is 2.91 bits per heavy atom. The number of ether oxygens (including phenoxy) is 2. The van der Waals surface area contributed by atoms with Crippen LogP contribution in [0, 0.1) is 0 Å². The third-order valence-electron chi connectivity index (χ3n) is 3.91. The molecule has 1 atom stereocenters. The average molecular weight is 348 g/mol. The summed E-state index contributed by atoms with van der Waals surface area (Å²) < 4.78 is 10.7. The lowest BCUT2D eigenvalue weighted by Crippen LogP contribution is -2.30. The highest BCUT2D eigenvalue weighted by molar-refractivity contribution is 7.99. The molecule has 0 unspecified atom stereocenters. The van der Waals surface area contributed by atoms with Crippen LogP contribution < -0.4 is 9.47 Å². The number of thioether (sulfide) groups is 1. The maximum Gasteiger partial charge on any atom is 0.255 e. The molecule has 0 spiro atoms. The van der Waals surface area contributed by atoms with Crippen LogP contribution in [0.5, 0.6) is 11.5 Å². The number of rotatable bonds is 2. The SMILES string of the molecule is O=C(c1ccc2c(c1)OCO2)N1CCS[C@H]1c1cccc(Cl)c1. The van der Waals surface area contributed by atoms with Crippen LogP contribution in [0.2, 0.25) is 5.02 Å². The van der Waals surface area contributed by atoms with E-state index in [4.69, 9.17) is 21.1 Å². The predicted octanol–water partition coefficient (Wildman–Crippen LogP) is 3.96. The number of nitrogens with zero attached hydrogens (tertiary/aromatic N) is 1. The summed E-state index contributed by atoms with van der Waals surface area (Å²) in [4.78, 5) is 14.8. The van der Waals surface area contributed by atoms with Gasteiger partial charge in [0.2, 0.25) is 6.79 Å². The van der Waals surface area contributed by atoms with Crippen LogP contribution in [0.3, 0.4) is 0 Å². The summed E-state index contributed by atoms with van der Waals surface area (Å²) >= 11 is 7.84. The average Bonchev–Trinajstić information content (AvgIpc) is 3.22. The van der Waals surface area contributed by atoms with Gasteiger partial charge in [0.25, 0.3) is 5.91 Å². The number of benzene rings is 2. The molecule has 2 heterocycles. The number of fused-ring (bicyclic) bond motifs is 1. The maximum atomic E-state index is 12.9. The lowest BCUT2D eigenvalue weighted by molar-refractivity contribution is 0.0760. The van der Waals surface area contributed by atoms with Crippen LogP contribution >= 0.6 is 23.4 Å². The van der Waals surface area contributed by atoms with E-state index in [2.05, 4.69) is 0 Å². The second-order valence-electron chi connectivity index (χ2n) is 5.34. The molecule has 2 aliphatic rings. The first-order valence-corrected chi connectivity index (χ1v) is 8.73. The van der Waals surface area contributed by atoms with E-state index in [9.17, 15) is 4.79 Å². The van der Waals surface area contributed by atoms with E-state index in [-0.39, 0.29) is 18.1 Å². The molecule has 0 aromatic heterocycles. The molecule has 4 rings (SSSR count). The first-order chi connectivity index (χ1) is 11.2. The molecule has 118 valence electrons. The summed E-state index contributed by atoms with van der Waals surface area (Å²) in [5.74, 6) is 2.22. The summed E-state index contributed by atoms with van der Waals surface area (Å²) in [5.41, 5.74) is 1.66. The van der Waals surface area contributed by atoms with Gasteiger partial charge in [0, 0.05) is 22.9 Å². The molecule has 0 saturated carbocycles. The van der Waals surface area contributed by atoms with Crippen molar-refractivity contribution in [2.45, 2.75) is 5.37 Å². The van der Waals surface area contributed by atoms with E-state index in [1.54, 1.807) is 30.0 Å². The Morgan fingerprint density at radius 1 is 1.17 bits per heavy atom. The Kier molecular flexibility index (Phi) is 3.83. The van der Waals surface area contributed by atoms with Crippen molar-refractivity contribution in [1.29, 1.82) is 0 Å². The quantitative estimate of drug-likeness (QED) is 0.824. The van der Waals surface area contributed by atoms with Gasteiger partial charge in [0.15, 0.2) is 11.5 Å². The second-order valence-corrected chi connectivity index (χ2v) is 6.97. The number of carbonyl (C=O) groups is 1. The van der Waals surface area contributed by atoms with Crippen molar-refractivity contribution in [3.63, 3.8) is 0 Å². The minimum absolute atomic E-state index is 0.00160. The van der Waals surface area contributed by atoms with Gasteiger partial charge in [-0.2, -0.15) is 0 Å². The lowest BCUT2D eigenvalue weighted by atomic mass is 10.1. The van der Waals surface area contributed by atoms with Crippen LogP contribution in [-0.4, -0.2) is 29.9 Å². The van der Waals surface area contributed by atoms with Crippen molar-refractivity contribution in [1.82, 2.24) is 4.90 Å². The van der Waals surface area contributed by atoms with Gasteiger partial charge in [-0.1, -0.05) is 23.7 Å². The van der Waals surface area contributed by atoms with Gasteiger partial charge in [-0.05, 0) is 35.9 Å². The molecule has 0 aliphatic carbocycles. The number of carbonyl (C=O) groups excluding carboxylic acids is 1. The van der Waals surface area contributed by atoms with E-state index < -0.39 is 0 Å². The topological polar surface area (TPSA) is 38.8 Å². The fraction of sp³-hybridized carbons (Fsp3) is 0.235. The summed E-state index contributed by atoms with van der Waals surface area (Å²) in [6.45, 7) is 0.923. The Labute approximate surface area is 143 Å². The largest absolute Gasteiger partial charge is 0.454 e. The summed E-state index contributed by atoms with van der Waals surface area (Å²) in [6.07, 6.45) is 0. The molecule has 1 fully saturated rings. The molecule has 0 N–H and O–H groups in total. The zero-order valence-corrected chi connectivity index (χ0v) is 13.8. The van der Waals surface area contributed by atoms with Crippen LogP contribution in [-0.2, 0) is 0 Å². The standard InChI is InChI=1S/C17H14ClNO3S/c18-13-3-1-2-12(8-13)17-19(6-7-23-17)16(20)11-4-5-14-15(9-11)22-10-21-14/h1-5,8-9,17H,6-7,10H2/t17-/m0/s1.